The third kappa shape index (κ3) is 5.70. The number of carbonyl (C=O) groups excluding carboxylic acids is 2. The minimum Gasteiger partial charge on any atom is -0.326 e. The van der Waals surface area contributed by atoms with Crippen LogP contribution in [0.15, 0.2) is 47.5 Å². The number of benzene rings is 2. The number of aliphatic imine (C=N–C) groups is 1. The van der Waals surface area contributed by atoms with E-state index < -0.39 is 17.5 Å². The molecule has 0 aliphatic carbocycles. The largest absolute Gasteiger partial charge is 0.326 e. The smallest absolute Gasteiger partial charge is 0.274 e. The van der Waals surface area contributed by atoms with Crippen molar-refractivity contribution in [1.29, 1.82) is 0 Å². The van der Waals surface area contributed by atoms with Crippen LogP contribution in [-0.4, -0.2) is 24.1 Å². The van der Waals surface area contributed by atoms with E-state index in [0.717, 1.165) is 25.0 Å². The van der Waals surface area contributed by atoms with Crippen molar-refractivity contribution in [3.63, 3.8) is 0 Å². The molecule has 0 spiro atoms. The third-order valence-electron chi connectivity index (χ3n) is 3.67. The molecule has 0 unspecified atom stereocenters. The molecule has 2 N–H and O–H groups in total. The maximum atomic E-state index is 13.4. The van der Waals surface area contributed by atoms with Gasteiger partial charge < -0.3 is 10.6 Å². The summed E-state index contributed by atoms with van der Waals surface area (Å²) in [6, 6.07) is 9.88. The van der Waals surface area contributed by atoms with E-state index in [1.807, 2.05) is 6.92 Å². The number of anilines is 2. The van der Waals surface area contributed by atoms with Gasteiger partial charge in [-0.2, -0.15) is 0 Å². The van der Waals surface area contributed by atoms with Gasteiger partial charge in [-0.05, 0) is 24.6 Å². The van der Waals surface area contributed by atoms with Gasteiger partial charge in [0.05, 0.1) is 5.69 Å². The minimum absolute atomic E-state index is 0.109. The maximum Gasteiger partial charge on any atom is 0.274 e. The quantitative estimate of drug-likeness (QED) is 0.565. The minimum atomic E-state index is -1.06. The summed E-state index contributed by atoms with van der Waals surface area (Å²) < 4.78 is 26.5. The maximum absolute atomic E-state index is 13.4. The van der Waals surface area contributed by atoms with Gasteiger partial charge in [0.2, 0.25) is 5.91 Å². The molecule has 0 aromatic heterocycles. The van der Waals surface area contributed by atoms with E-state index in [0.29, 0.717) is 17.8 Å². The zero-order valence-corrected chi connectivity index (χ0v) is 15.2. The number of unbranched alkanes of at least 4 members (excludes halogenated alkanes) is 1. The average Bonchev–Trinajstić information content (AvgIpc) is 2.62. The molecular weight excluding hydrogens is 352 g/mol. The van der Waals surface area contributed by atoms with Crippen LogP contribution in [0, 0.1) is 11.6 Å². The van der Waals surface area contributed by atoms with Crippen molar-refractivity contribution in [2.75, 3.05) is 17.2 Å². The summed E-state index contributed by atoms with van der Waals surface area (Å²) in [7, 11) is 0. The molecule has 0 aliphatic heterocycles. The highest BCUT2D eigenvalue weighted by Gasteiger charge is 2.18. The van der Waals surface area contributed by atoms with E-state index in [9.17, 15) is 18.4 Å². The lowest BCUT2D eigenvalue weighted by Crippen LogP contribution is -2.26. The van der Waals surface area contributed by atoms with Gasteiger partial charge in [-0.15, -0.1) is 0 Å². The molecule has 0 saturated heterocycles. The summed E-state index contributed by atoms with van der Waals surface area (Å²) in [4.78, 5) is 28.6. The fraction of sp³-hybridized carbons (Fsp3) is 0.250. The first kappa shape index (κ1) is 20.2. The number of nitrogens with one attached hydrogen (secondary N) is 2. The second-order valence-electron chi connectivity index (χ2n) is 5.89. The molecular formula is C20H21F2N3O2. The molecule has 0 saturated carbocycles. The van der Waals surface area contributed by atoms with Crippen LogP contribution in [0.4, 0.5) is 20.2 Å². The summed E-state index contributed by atoms with van der Waals surface area (Å²) in [5.74, 6) is -2.91. The number of halogens is 2. The number of para-hydroxylation sites is 1. The summed E-state index contributed by atoms with van der Waals surface area (Å²) in [6.45, 7) is 3.79. The van der Waals surface area contributed by atoms with Crippen LogP contribution < -0.4 is 10.6 Å². The first-order valence-corrected chi connectivity index (χ1v) is 8.60. The highest BCUT2D eigenvalue weighted by Crippen LogP contribution is 2.19. The Labute approximate surface area is 156 Å². The summed E-state index contributed by atoms with van der Waals surface area (Å²) in [5, 5.41) is 5.20. The van der Waals surface area contributed by atoms with Crippen LogP contribution in [0.5, 0.6) is 0 Å². The molecule has 0 heterocycles. The molecule has 2 rings (SSSR count). The van der Waals surface area contributed by atoms with E-state index in [2.05, 4.69) is 15.6 Å². The van der Waals surface area contributed by atoms with Crippen LogP contribution >= 0.6 is 0 Å². The zero-order chi connectivity index (χ0) is 19.8. The Bertz CT molecular complexity index is 866. The van der Waals surface area contributed by atoms with Crippen molar-refractivity contribution >= 4 is 28.9 Å². The fourth-order valence-electron chi connectivity index (χ4n) is 2.38. The number of carbonyl (C=O) groups is 2. The SMILES string of the molecule is CCCCN=C(C(=O)Nc1ccc(F)c(F)c1)c1ccccc1NC(C)=O. The standard InChI is InChI=1S/C20H21F2N3O2/c1-3-4-11-23-19(15-7-5-6-8-18(15)24-13(2)26)20(27)25-14-9-10-16(21)17(22)12-14/h5-10,12H,3-4,11H2,1-2H3,(H,24,26)(H,25,27). The Hall–Kier alpha value is -3.09. The Morgan fingerprint density at radius 1 is 1.04 bits per heavy atom. The van der Waals surface area contributed by atoms with Gasteiger partial charge in [-0.1, -0.05) is 31.5 Å². The van der Waals surface area contributed by atoms with Gasteiger partial charge in [-0.3, -0.25) is 14.6 Å². The number of amides is 2. The van der Waals surface area contributed by atoms with E-state index in [-0.39, 0.29) is 17.3 Å². The molecule has 7 heteroatoms. The van der Waals surface area contributed by atoms with Crippen molar-refractivity contribution in [2.45, 2.75) is 26.7 Å². The first-order chi connectivity index (χ1) is 12.9. The van der Waals surface area contributed by atoms with Gasteiger partial charge >= 0.3 is 0 Å². The first-order valence-electron chi connectivity index (χ1n) is 8.60. The van der Waals surface area contributed by atoms with Crippen LogP contribution in [-0.2, 0) is 9.59 Å². The van der Waals surface area contributed by atoms with Gasteiger partial charge in [-0.25, -0.2) is 8.78 Å². The Morgan fingerprint density at radius 2 is 1.78 bits per heavy atom. The van der Waals surface area contributed by atoms with Gasteiger partial charge in [0.15, 0.2) is 11.6 Å². The Morgan fingerprint density at radius 3 is 2.44 bits per heavy atom. The average molecular weight is 373 g/mol. The molecule has 0 aliphatic rings. The Kier molecular flexibility index (Phi) is 7.16. The molecule has 27 heavy (non-hydrogen) atoms. The third-order valence-corrected chi connectivity index (χ3v) is 3.67. The van der Waals surface area contributed by atoms with Crippen molar-refractivity contribution in [2.24, 2.45) is 4.99 Å². The van der Waals surface area contributed by atoms with Gasteiger partial charge in [0, 0.05) is 30.8 Å². The van der Waals surface area contributed by atoms with Crippen molar-refractivity contribution in [1.82, 2.24) is 0 Å². The lowest BCUT2D eigenvalue weighted by Gasteiger charge is -2.13. The highest BCUT2D eigenvalue weighted by molar-refractivity contribution is 6.50. The number of hydrogen-bond donors (Lipinski definition) is 2. The summed E-state index contributed by atoms with van der Waals surface area (Å²) in [5.41, 5.74) is 1.11. The van der Waals surface area contributed by atoms with Crippen LogP contribution in [0.3, 0.4) is 0 Å². The molecule has 2 amide bonds. The van der Waals surface area contributed by atoms with Crippen LogP contribution in [0.25, 0.3) is 0 Å². The predicted molar refractivity (Wildman–Crippen MR) is 102 cm³/mol. The molecule has 0 radical (unpaired) electrons. The highest BCUT2D eigenvalue weighted by atomic mass is 19.2. The molecule has 0 bridgehead atoms. The van der Waals surface area contributed by atoms with Crippen LogP contribution in [0.2, 0.25) is 0 Å². The second-order valence-corrected chi connectivity index (χ2v) is 5.89. The van der Waals surface area contributed by atoms with E-state index in [4.69, 9.17) is 0 Å². The lowest BCUT2D eigenvalue weighted by atomic mass is 10.1. The molecule has 2 aromatic rings. The summed E-state index contributed by atoms with van der Waals surface area (Å²) in [6.07, 6.45) is 1.68. The topological polar surface area (TPSA) is 70.6 Å². The Balaban J connectivity index is 2.37. The molecule has 142 valence electrons. The van der Waals surface area contributed by atoms with Gasteiger partial charge in [0.1, 0.15) is 5.71 Å². The molecule has 0 atom stereocenters. The van der Waals surface area contributed by atoms with E-state index in [1.54, 1.807) is 24.3 Å². The number of rotatable bonds is 7. The zero-order valence-electron chi connectivity index (χ0n) is 15.2. The van der Waals surface area contributed by atoms with Crippen LogP contribution in [0.1, 0.15) is 32.3 Å². The number of hydrogen-bond acceptors (Lipinski definition) is 3. The number of nitrogens with zero attached hydrogens (tertiary/aromatic N) is 1. The van der Waals surface area contributed by atoms with Gasteiger partial charge in [0.25, 0.3) is 5.91 Å². The monoisotopic (exact) mass is 373 g/mol. The molecule has 0 fully saturated rings. The predicted octanol–water partition coefficient (Wildman–Crippen LogP) is 4.15. The normalized spacial score (nSPS) is 11.2. The van der Waals surface area contributed by atoms with E-state index >= 15 is 0 Å². The van der Waals surface area contributed by atoms with Crippen molar-refractivity contribution < 1.29 is 18.4 Å². The molecule has 5 nitrogen and oxygen atoms in total. The molecule has 2 aromatic carbocycles. The lowest BCUT2D eigenvalue weighted by molar-refractivity contribution is -0.114. The van der Waals surface area contributed by atoms with Crippen molar-refractivity contribution in [3.05, 3.63) is 59.7 Å². The summed E-state index contributed by atoms with van der Waals surface area (Å²) >= 11 is 0. The van der Waals surface area contributed by atoms with E-state index in [1.165, 1.54) is 13.0 Å². The second kappa shape index (κ2) is 9.56. The van der Waals surface area contributed by atoms with Crippen molar-refractivity contribution in [3.8, 4) is 0 Å². The fourth-order valence-corrected chi connectivity index (χ4v) is 2.38.